The summed E-state index contributed by atoms with van der Waals surface area (Å²) in [6, 6.07) is 70.7. The molecule has 0 aliphatic rings. The Morgan fingerprint density at radius 2 is 1.33 bits per heavy atom. The van der Waals surface area contributed by atoms with Gasteiger partial charge >= 0.3 is 120 Å². The van der Waals surface area contributed by atoms with Gasteiger partial charge in [0.05, 0.1) is 16.9 Å². The summed E-state index contributed by atoms with van der Waals surface area (Å²) in [7, 11) is 0. The maximum absolute atomic E-state index is 8.44. The van der Waals surface area contributed by atoms with Gasteiger partial charge in [0.15, 0.2) is 0 Å². The Morgan fingerprint density at radius 1 is 0.672 bits per heavy atom. The first-order chi connectivity index (χ1) is 31.0. The number of benzene rings is 8. The molecular weight excluding hydrogens is 1040 g/mol. The van der Waals surface area contributed by atoms with Gasteiger partial charge < -0.3 is 4.57 Å². The average Bonchev–Trinajstić information content (AvgIpc) is 3.91. The Bertz CT molecular complexity index is 3460. The van der Waals surface area contributed by atoms with Crippen molar-refractivity contribution in [2.75, 3.05) is 0 Å². The molecule has 0 aliphatic carbocycles. The van der Waals surface area contributed by atoms with Gasteiger partial charge in [-0.1, -0.05) is 149 Å². The monoisotopic (exact) mass is 1090 g/mol. The van der Waals surface area contributed by atoms with E-state index in [9.17, 15) is 0 Å². The van der Waals surface area contributed by atoms with Crippen LogP contribution in [0.5, 0.6) is 0 Å². The van der Waals surface area contributed by atoms with Crippen LogP contribution >= 0.6 is 11.3 Å². The fourth-order valence-corrected chi connectivity index (χ4v) is 13.2. The van der Waals surface area contributed by atoms with E-state index in [-0.39, 0.29) is 20.1 Å². The summed E-state index contributed by atoms with van der Waals surface area (Å²) in [5.74, 6) is 7.35. The van der Waals surface area contributed by atoms with Crippen LogP contribution in [0.2, 0.25) is 17.3 Å². The second-order valence-corrected chi connectivity index (χ2v) is 28.8. The van der Waals surface area contributed by atoms with Crippen LogP contribution in [-0.4, -0.2) is 27.8 Å². The van der Waals surface area contributed by atoms with Crippen molar-refractivity contribution >= 4 is 71.0 Å². The van der Waals surface area contributed by atoms with Gasteiger partial charge in [0.1, 0.15) is 0 Å². The maximum Gasteiger partial charge on any atom is 0.0852 e. The molecule has 11 aromatic rings. The van der Waals surface area contributed by atoms with E-state index in [0.29, 0.717) is 0 Å². The predicted molar refractivity (Wildman–Crippen MR) is 272 cm³/mol. The largest absolute Gasteiger partial charge is 0.333 e. The van der Waals surface area contributed by atoms with Crippen molar-refractivity contribution in [2.24, 2.45) is 0 Å². The minimum Gasteiger partial charge on any atom is -0.333 e. The molecule has 0 saturated heterocycles. The molecule has 3 nitrogen and oxygen atoms in total. The van der Waals surface area contributed by atoms with Crippen molar-refractivity contribution in [3.63, 3.8) is 0 Å². The molecule has 0 unspecified atom stereocenters. The quantitative estimate of drug-likeness (QED) is 0.118. The van der Waals surface area contributed by atoms with Gasteiger partial charge in [0, 0.05) is 41.4 Å². The third kappa shape index (κ3) is 8.19. The molecule has 0 spiro atoms. The molecular formula is C58H47GeIrN3S-2. The second-order valence-electron chi connectivity index (χ2n) is 17.2. The molecule has 64 heavy (non-hydrogen) atoms. The fraction of sp³-hybridized carbons (Fsp3) is 0.103. The number of nitrogens with zero attached hydrogens (tertiary/aromatic N) is 3. The first-order valence-electron chi connectivity index (χ1n) is 22.0. The van der Waals surface area contributed by atoms with Crippen molar-refractivity contribution in [3.8, 4) is 50.6 Å². The number of thiophene rings is 1. The van der Waals surface area contributed by atoms with Crippen molar-refractivity contribution in [2.45, 2.75) is 37.0 Å². The van der Waals surface area contributed by atoms with Crippen LogP contribution in [0, 0.1) is 12.1 Å². The molecule has 0 aliphatic heterocycles. The maximum atomic E-state index is 8.44. The molecule has 0 saturated carbocycles. The van der Waals surface area contributed by atoms with Gasteiger partial charge in [-0.15, -0.1) is 12.1 Å². The third-order valence-corrected chi connectivity index (χ3v) is 17.2. The Kier molecular flexibility index (Phi) is 12.0. The molecule has 0 atom stereocenters. The number of hydrogen-bond acceptors (Lipinski definition) is 3. The van der Waals surface area contributed by atoms with Crippen molar-refractivity contribution in [3.05, 3.63) is 206 Å². The molecule has 0 amide bonds. The number of para-hydroxylation sites is 1. The van der Waals surface area contributed by atoms with Gasteiger partial charge in [0.25, 0.3) is 0 Å². The second kappa shape index (κ2) is 18.3. The van der Waals surface area contributed by atoms with Crippen LogP contribution in [-0.2, 0) is 20.1 Å². The summed E-state index contributed by atoms with van der Waals surface area (Å²) in [5, 5.41) is 4.85. The van der Waals surface area contributed by atoms with E-state index in [2.05, 4.69) is 197 Å². The first kappa shape index (κ1) is 42.0. The van der Waals surface area contributed by atoms with E-state index in [1.165, 1.54) is 46.6 Å². The molecule has 1 radical (unpaired) electrons. The average molecular weight is 1080 g/mol. The number of fused-ring (bicyclic) bond motifs is 6. The zero-order valence-electron chi connectivity index (χ0n) is 37.5. The molecule has 0 fully saturated rings. The van der Waals surface area contributed by atoms with Gasteiger partial charge in [-0.3, -0.25) is 4.98 Å². The zero-order valence-corrected chi connectivity index (χ0v) is 41.8. The minimum absolute atomic E-state index is 0. The standard InChI is InChI=1S/C41H25N2S.C17H22GeN.Ir/c1-3-13-27(14-4-1)30-18-9-11-21-35(30)43-36-26-23-29-17-7-8-19-32(29)39(36)42-41(43)34-25-24-31(28-15-5-2-6-16-28)38-33-20-10-12-22-37(33)44-40(34)38;1-13(2)15-11-17(14-9-7-6-8-10-14)19-12-16(15)18(3,4)5;/h1-24,26H;6-9,11-13H,1-5H3;/q2*-1;/i;13D;. The molecule has 3 heterocycles. The van der Waals surface area contributed by atoms with Gasteiger partial charge in [-0.05, 0) is 39.2 Å². The first-order valence-corrected chi connectivity index (χ1v) is 29.7. The van der Waals surface area contributed by atoms with E-state index < -0.39 is 19.2 Å². The number of hydrogen-bond donors (Lipinski definition) is 0. The summed E-state index contributed by atoms with van der Waals surface area (Å²) in [6.45, 7) is 3.91. The van der Waals surface area contributed by atoms with E-state index in [4.69, 9.17) is 6.35 Å². The normalized spacial score (nSPS) is 11.9. The minimum atomic E-state index is -2.03. The molecule has 8 aromatic carbocycles. The Hall–Kier alpha value is -5.95. The van der Waals surface area contributed by atoms with Crippen LogP contribution < -0.4 is 4.40 Å². The SMILES string of the molecule is [2H]C(C)(C)c1cc(-c2[c-]cccc2)nc[c]1[Ge]([CH3])([CH3])[CH3].[Ir].[c-]1cc(-c2ccccc2)c2c(sc3ccccc32)c1-c1nc2c3ccccc3ccc2n1-c1ccccc1-c1ccccc1. The van der Waals surface area contributed by atoms with E-state index in [1.54, 1.807) is 0 Å². The molecule has 3 aromatic heterocycles. The van der Waals surface area contributed by atoms with Crippen molar-refractivity contribution in [1.29, 1.82) is 0 Å². The molecule has 0 N–H and O–H groups in total. The Labute approximate surface area is 397 Å². The Balaban J connectivity index is 0.000000215. The van der Waals surface area contributed by atoms with Crippen LogP contribution in [0.3, 0.4) is 0 Å². The van der Waals surface area contributed by atoms with Gasteiger partial charge in [-0.25, -0.2) is 0 Å². The molecule has 11 rings (SSSR count). The number of aromatic nitrogens is 3. The number of pyridine rings is 1. The van der Waals surface area contributed by atoms with Crippen LogP contribution in [0.1, 0.15) is 26.7 Å². The summed E-state index contributed by atoms with van der Waals surface area (Å²) in [6.07, 6.45) is 2.00. The number of rotatable bonds is 7. The fourth-order valence-electron chi connectivity index (χ4n) is 8.70. The summed E-state index contributed by atoms with van der Waals surface area (Å²) in [4.78, 5) is 10.1. The van der Waals surface area contributed by atoms with E-state index >= 15 is 0 Å². The van der Waals surface area contributed by atoms with E-state index in [0.717, 1.165) is 55.9 Å². The van der Waals surface area contributed by atoms with Gasteiger partial charge in [-0.2, -0.15) is 11.3 Å². The van der Waals surface area contributed by atoms with Crippen molar-refractivity contribution in [1.82, 2.24) is 14.5 Å². The molecule has 6 heteroatoms. The predicted octanol–water partition coefficient (Wildman–Crippen LogP) is 15.6. The molecule has 315 valence electrons. The zero-order chi connectivity index (χ0) is 44.0. The number of imidazole rings is 1. The summed E-state index contributed by atoms with van der Waals surface area (Å²) >= 11 is -0.200. The smallest absolute Gasteiger partial charge is 0.0852 e. The Morgan fingerprint density at radius 3 is 2.05 bits per heavy atom. The summed E-state index contributed by atoms with van der Waals surface area (Å²) < 4.78 is 14.6. The topological polar surface area (TPSA) is 30.7 Å². The van der Waals surface area contributed by atoms with E-state index in [1.807, 2.05) is 55.6 Å². The van der Waals surface area contributed by atoms with Crippen molar-refractivity contribution < 1.29 is 21.5 Å². The summed E-state index contributed by atoms with van der Waals surface area (Å²) in [5.41, 5.74) is 11.9. The van der Waals surface area contributed by atoms with Crippen LogP contribution in [0.25, 0.3) is 92.6 Å². The van der Waals surface area contributed by atoms with Gasteiger partial charge in [0.2, 0.25) is 0 Å². The van der Waals surface area contributed by atoms with Crippen LogP contribution in [0.15, 0.2) is 188 Å². The third-order valence-electron chi connectivity index (χ3n) is 11.8. The van der Waals surface area contributed by atoms with Crippen LogP contribution in [0.4, 0.5) is 0 Å². The molecule has 0 bridgehead atoms.